The number of thioether (sulfide) groups is 1. The Balaban J connectivity index is 1.22. The fourth-order valence-electron chi connectivity index (χ4n) is 4.47. The highest BCUT2D eigenvalue weighted by molar-refractivity contribution is 7.99. The Hall–Kier alpha value is -2.23. The molecule has 2 aromatic carbocycles. The molecule has 0 aromatic heterocycles. The van der Waals surface area contributed by atoms with Gasteiger partial charge in [0.2, 0.25) is 15.9 Å². The predicted molar refractivity (Wildman–Crippen MR) is 122 cm³/mol. The fraction of sp³-hybridized carbons (Fsp3) is 0.435. The maximum Gasteiger partial charge on any atom is 0.243 e. The first kappa shape index (κ1) is 21.6. The second-order valence-corrected chi connectivity index (χ2v) is 11.3. The van der Waals surface area contributed by atoms with Crippen LogP contribution in [-0.2, 0) is 14.8 Å². The minimum Gasteiger partial charge on any atom is -0.486 e. The average molecular weight is 475 g/mol. The molecule has 0 radical (unpaired) electrons. The highest BCUT2D eigenvalue weighted by Gasteiger charge is 2.34. The van der Waals surface area contributed by atoms with Gasteiger partial charge in [-0.2, -0.15) is 4.31 Å². The molecule has 3 heterocycles. The van der Waals surface area contributed by atoms with Crippen LogP contribution in [0.15, 0.2) is 52.3 Å². The fourth-order valence-corrected chi connectivity index (χ4v) is 7.08. The van der Waals surface area contributed by atoms with Gasteiger partial charge in [-0.05, 0) is 43.0 Å². The minimum atomic E-state index is -3.65. The van der Waals surface area contributed by atoms with E-state index in [1.54, 1.807) is 12.1 Å². The number of nitrogens with zero attached hydrogens (tertiary/aromatic N) is 1. The largest absolute Gasteiger partial charge is 0.486 e. The number of hydrogen-bond donors (Lipinski definition) is 1. The normalized spacial score (nSPS) is 21.6. The highest BCUT2D eigenvalue weighted by atomic mass is 32.2. The predicted octanol–water partition coefficient (Wildman–Crippen LogP) is 3.21. The summed E-state index contributed by atoms with van der Waals surface area (Å²) >= 11 is 1.82. The third-order valence-corrected chi connectivity index (χ3v) is 9.27. The van der Waals surface area contributed by atoms with Crippen molar-refractivity contribution >= 4 is 27.7 Å². The van der Waals surface area contributed by atoms with E-state index >= 15 is 0 Å². The van der Waals surface area contributed by atoms with Crippen LogP contribution in [0.1, 0.15) is 30.9 Å². The van der Waals surface area contributed by atoms with Gasteiger partial charge in [0.05, 0.1) is 10.9 Å². The molecule has 1 atom stereocenters. The van der Waals surface area contributed by atoms with E-state index < -0.39 is 10.0 Å². The second-order valence-electron chi connectivity index (χ2n) is 8.22. The van der Waals surface area contributed by atoms with Crippen LogP contribution >= 0.6 is 11.8 Å². The number of piperidine rings is 1. The van der Waals surface area contributed by atoms with Gasteiger partial charge in [-0.25, -0.2) is 8.42 Å². The number of benzene rings is 2. The van der Waals surface area contributed by atoms with E-state index in [0.29, 0.717) is 50.6 Å². The molecule has 0 aliphatic carbocycles. The third kappa shape index (κ3) is 4.21. The van der Waals surface area contributed by atoms with Crippen LogP contribution in [0.25, 0.3) is 0 Å². The van der Waals surface area contributed by atoms with Crippen molar-refractivity contribution in [1.82, 2.24) is 9.62 Å². The molecule has 2 aromatic rings. The number of nitrogens with one attached hydrogen (secondary N) is 1. The van der Waals surface area contributed by atoms with Gasteiger partial charge in [0.25, 0.3) is 0 Å². The Bertz CT molecular complexity index is 1110. The van der Waals surface area contributed by atoms with E-state index in [-0.39, 0.29) is 22.8 Å². The van der Waals surface area contributed by atoms with Crippen LogP contribution in [0, 0.1) is 5.92 Å². The van der Waals surface area contributed by atoms with Crippen molar-refractivity contribution in [1.29, 1.82) is 0 Å². The van der Waals surface area contributed by atoms with E-state index in [2.05, 4.69) is 17.4 Å². The van der Waals surface area contributed by atoms with Crippen molar-refractivity contribution in [3.63, 3.8) is 0 Å². The van der Waals surface area contributed by atoms with E-state index in [9.17, 15) is 13.2 Å². The average Bonchev–Trinajstić information content (AvgIpc) is 2.84. The van der Waals surface area contributed by atoms with Gasteiger partial charge < -0.3 is 14.8 Å². The van der Waals surface area contributed by atoms with Crippen molar-refractivity contribution in [3.05, 3.63) is 48.0 Å². The summed E-state index contributed by atoms with van der Waals surface area (Å²) < 4.78 is 38.7. The van der Waals surface area contributed by atoms with Gasteiger partial charge in [0, 0.05) is 35.7 Å². The minimum absolute atomic E-state index is 0.0214. The molecule has 0 saturated carbocycles. The molecule has 3 aliphatic rings. The zero-order chi connectivity index (χ0) is 22.1. The van der Waals surface area contributed by atoms with Crippen molar-refractivity contribution in [2.45, 2.75) is 35.1 Å². The first-order chi connectivity index (χ1) is 15.5. The summed E-state index contributed by atoms with van der Waals surface area (Å²) in [6.07, 6.45) is 1.93. The quantitative estimate of drug-likeness (QED) is 0.733. The number of amides is 1. The van der Waals surface area contributed by atoms with Crippen LogP contribution < -0.4 is 14.8 Å². The second kappa shape index (κ2) is 8.96. The molecule has 1 amide bonds. The molecule has 32 heavy (non-hydrogen) atoms. The van der Waals surface area contributed by atoms with Gasteiger partial charge >= 0.3 is 0 Å². The smallest absolute Gasteiger partial charge is 0.243 e. The van der Waals surface area contributed by atoms with Crippen molar-refractivity contribution < 1.29 is 22.7 Å². The standard InChI is InChI=1S/C23H26N2O5S2/c26-23(24-19-9-14-31-22-4-2-1-3-18(19)22)16-7-10-25(11-8-16)32(27,28)17-5-6-20-21(15-17)30-13-12-29-20/h1-6,15-16,19H,7-14H2,(H,24,26)/t19-/m0/s1. The van der Waals surface area contributed by atoms with E-state index in [0.717, 1.165) is 12.2 Å². The molecule has 1 saturated heterocycles. The van der Waals surface area contributed by atoms with Crippen LogP contribution in [0.3, 0.4) is 0 Å². The molecule has 0 bridgehead atoms. The maximum absolute atomic E-state index is 13.1. The molecule has 3 aliphatic heterocycles. The summed E-state index contributed by atoms with van der Waals surface area (Å²) in [5.74, 6) is 1.84. The molecule has 7 nitrogen and oxygen atoms in total. The molecule has 9 heteroatoms. The molecule has 170 valence electrons. The summed E-state index contributed by atoms with van der Waals surface area (Å²) in [7, 11) is -3.65. The lowest BCUT2D eigenvalue weighted by Gasteiger charge is -2.32. The topological polar surface area (TPSA) is 84.9 Å². The molecular formula is C23H26N2O5S2. The van der Waals surface area contributed by atoms with Gasteiger partial charge in [-0.3, -0.25) is 4.79 Å². The Kier molecular flexibility index (Phi) is 6.05. The Morgan fingerprint density at radius 1 is 1.00 bits per heavy atom. The summed E-state index contributed by atoms with van der Waals surface area (Å²) in [5.41, 5.74) is 1.18. The highest BCUT2D eigenvalue weighted by Crippen LogP contribution is 2.37. The Labute approximate surface area is 192 Å². The van der Waals surface area contributed by atoms with Crippen LogP contribution in [0.5, 0.6) is 11.5 Å². The van der Waals surface area contributed by atoms with Crippen LogP contribution in [-0.4, -0.2) is 50.7 Å². The van der Waals surface area contributed by atoms with Crippen molar-refractivity contribution in [3.8, 4) is 11.5 Å². The number of sulfonamides is 1. The molecular weight excluding hydrogens is 448 g/mol. The van der Waals surface area contributed by atoms with E-state index in [1.165, 1.54) is 20.8 Å². The number of ether oxygens (including phenoxy) is 2. The zero-order valence-corrected chi connectivity index (χ0v) is 19.3. The van der Waals surface area contributed by atoms with E-state index in [1.807, 2.05) is 23.9 Å². The van der Waals surface area contributed by atoms with Crippen LogP contribution in [0.4, 0.5) is 0 Å². The zero-order valence-electron chi connectivity index (χ0n) is 17.7. The molecule has 0 spiro atoms. The lowest BCUT2D eigenvalue weighted by molar-refractivity contribution is -0.126. The molecule has 0 unspecified atom stereocenters. The molecule has 1 N–H and O–H groups in total. The van der Waals surface area contributed by atoms with Gasteiger partial charge in [-0.1, -0.05) is 18.2 Å². The number of hydrogen-bond acceptors (Lipinski definition) is 6. The van der Waals surface area contributed by atoms with Crippen molar-refractivity contribution in [2.24, 2.45) is 5.92 Å². The molecule has 5 rings (SSSR count). The Morgan fingerprint density at radius 3 is 2.56 bits per heavy atom. The maximum atomic E-state index is 13.1. The number of carbonyl (C=O) groups excluding carboxylic acids is 1. The lowest BCUT2D eigenvalue weighted by Crippen LogP contribution is -2.44. The number of rotatable bonds is 4. The first-order valence-corrected chi connectivity index (χ1v) is 13.4. The van der Waals surface area contributed by atoms with Crippen molar-refractivity contribution in [2.75, 3.05) is 32.1 Å². The summed E-state index contributed by atoms with van der Waals surface area (Å²) in [6, 6.07) is 13.0. The first-order valence-electron chi connectivity index (χ1n) is 10.9. The van der Waals surface area contributed by atoms with Gasteiger partial charge in [0.1, 0.15) is 13.2 Å². The molecule has 1 fully saturated rings. The Morgan fingerprint density at radius 2 is 1.75 bits per heavy atom. The van der Waals surface area contributed by atoms with E-state index in [4.69, 9.17) is 9.47 Å². The number of fused-ring (bicyclic) bond motifs is 2. The van der Waals surface area contributed by atoms with Gasteiger partial charge in [-0.15, -0.1) is 11.8 Å². The summed E-state index contributed by atoms with van der Waals surface area (Å²) in [4.78, 5) is 14.4. The van der Waals surface area contributed by atoms with Gasteiger partial charge in [0.15, 0.2) is 11.5 Å². The monoisotopic (exact) mass is 474 g/mol. The number of carbonyl (C=O) groups is 1. The third-order valence-electron chi connectivity index (χ3n) is 6.25. The summed E-state index contributed by atoms with van der Waals surface area (Å²) in [5, 5.41) is 3.21. The SMILES string of the molecule is O=C(N[C@H]1CCSc2ccccc21)C1CCN(S(=O)(=O)c2ccc3c(c2)OCCO3)CC1. The summed E-state index contributed by atoms with van der Waals surface area (Å²) in [6.45, 7) is 1.51. The lowest BCUT2D eigenvalue weighted by atomic mass is 9.95. The van der Waals surface area contributed by atoms with Crippen LogP contribution in [0.2, 0.25) is 0 Å².